The summed E-state index contributed by atoms with van der Waals surface area (Å²) in [4.78, 5) is 0. The van der Waals surface area contributed by atoms with Crippen molar-refractivity contribution in [3.05, 3.63) is 53.1 Å². The number of rotatable bonds is 3. The zero-order valence-corrected chi connectivity index (χ0v) is 11.0. The third-order valence-corrected chi connectivity index (χ3v) is 2.94. The molecule has 2 aromatic rings. The van der Waals surface area contributed by atoms with E-state index in [-0.39, 0.29) is 12.2 Å². The molecule has 1 aromatic heterocycles. The Kier molecular flexibility index (Phi) is 3.89. The smallest absolute Gasteiger partial charge is 0.381 e. The van der Waals surface area contributed by atoms with Crippen LogP contribution in [0.15, 0.2) is 30.5 Å². The van der Waals surface area contributed by atoms with Crippen LogP contribution >= 0.6 is 0 Å². The summed E-state index contributed by atoms with van der Waals surface area (Å²) in [5, 5.41) is 11.6. The maximum Gasteiger partial charge on any atom is 0.419 e. The Morgan fingerprint density at radius 3 is 2.57 bits per heavy atom. The fourth-order valence-corrected chi connectivity index (χ4v) is 1.90. The van der Waals surface area contributed by atoms with Gasteiger partial charge in [-0.3, -0.25) is 0 Å². The molecule has 0 saturated carbocycles. The molecule has 0 saturated heterocycles. The van der Waals surface area contributed by atoms with Gasteiger partial charge in [-0.25, -0.2) is 4.39 Å². The van der Waals surface area contributed by atoms with Crippen molar-refractivity contribution < 1.29 is 17.6 Å². The molecule has 0 aliphatic carbocycles. The minimum atomic E-state index is -4.73. The lowest BCUT2D eigenvalue weighted by Gasteiger charge is -2.11. The Labute approximate surface area is 118 Å². The molecule has 1 heterocycles. The number of anilines is 1. The monoisotopic (exact) mass is 297 g/mol. The Morgan fingerprint density at radius 1 is 1.29 bits per heavy atom. The lowest BCUT2D eigenvalue weighted by molar-refractivity contribution is -0.139. The second kappa shape index (κ2) is 5.48. The normalized spacial score (nSPS) is 11.2. The third kappa shape index (κ3) is 3.34. The van der Waals surface area contributed by atoms with Crippen molar-refractivity contribution in [2.75, 3.05) is 5.32 Å². The number of nitrogens with zero attached hydrogens (tertiary/aromatic N) is 2. The lowest BCUT2D eigenvalue weighted by Crippen LogP contribution is -2.09. The Morgan fingerprint density at radius 2 is 2.00 bits per heavy atom. The van der Waals surface area contributed by atoms with Crippen LogP contribution in [0.5, 0.6) is 0 Å². The number of aromatic nitrogens is 1. The average molecular weight is 297 g/mol. The molecule has 3 nitrogen and oxygen atoms in total. The zero-order chi connectivity index (χ0) is 15.6. The first-order valence-corrected chi connectivity index (χ1v) is 5.97. The van der Waals surface area contributed by atoms with Gasteiger partial charge in [-0.05, 0) is 29.8 Å². The molecule has 2 rings (SSSR count). The number of halogens is 4. The predicted octanol–water partition coefficient (Wildman–Crippen LogP) is 3.67. The van der Waals surface area contributed by atoms with E-state index in [1.807, 2.05) is 6.07 Å². The van der Waals surface area contributed by atoms with E-state index < -0.39 is 17.6 Å². The molecule has 1 aromatic carbocycles. The van der Waals surface area contributed by atoms with E-state index in [4.69, 9.17) is 5.26 Å². The van der Waals surface area contributed by atoms with Crippen LogP contribution in [0.2, 0.25) is 0 Å². The van der Waals surface area contributed by atoms with E-state index in [0.29, 0.717) is 5.69 Å². The van der Waals surface area contributed by atoms with Crippen molar-refractivity contribution in [3.63, 3.8) is 0 Å². The van der Waals surface area contributed by atoms with Crippen LogP contribution in [0, 0.1) is 17.1 Å². The topological polar surface area (TPSA) is 40.8 Å². The van der Waals surface area contributed by atoms with Crippen LogP contribution < -0.4 is 5.32 Å². The van der Waals surface area contributed by atoms with Gasteiger partial charge in [-0.15, -0.1) is 0 Å². The minimum absolute atomic E-state index is 0.158. The fourth-order valence-electron chi connectivity index (χ4n) is 1.90. The number of nitrogens with one attached hydrogen (secondary N) is 1. The molecular weight excluding hydrogens is 286 g/mol. The highest BCUT2D eigenvalue weighted by Crippen LogP contribution is 2.33. The van der Waals surface area contributed by atoms with E-state index in [1.165, 1.54) is 6.07 Å². The summed E-state index contributed by atoms with van der Waals surface area (Å²) < 4.78 is 52.5. The molecule has 0 radical (unpaired) electrons. The first-order chi connectivity index (χ1) is 9.81. The first kappa shape index (κ1) is 14.9. The van der Waals surface area contributed by atoms with Crippen LogP contribution in [-0.4, -0.2) is 4.57 Å². The van der Waals surface area contributed by atoms with Crippen molar-refractivity contribution >= 4 is 5.69 Å². The quantitative estimate of drug-likeness (QED) is 0.878. The number of hydrogen-bond acceptors (Lipinski definition) is 2. The highest BCUT2D eigenvalue weighted by molar-refractivity contribution is 5.47. The Bertz CT molecular complexity index is 695. The molecule has 0 atom stereocenters. The van der Waals surface area contributed by atoms with Gasteiger partial charge in [0.1, 0.15) is 17.6 Å². The maximum absolute atomic E-state index is 13.1. The van der Waals surface area contributed by atoms with Crippen molar-refractivity contribution in [3.8, 4) is 6.07 Å². The fraction of sp³-hybridized carbons (Fsp3) is 0.214. The molecule has 0 aliphatic heterocycles. The summed E-state index contributed by atoms with van der Waals surface area (Å²) in [6.45, 7) is 0.235. The standard InChI is InChI=1S/C14H11F4N3/c1-21-8-9(4-11(21)6-19)7-20-10-2-3-13(15)12(5-10)14(16,17)18/h2-5,8,20H,7H2,1H3. The molecule has 21 heavy (non-hydrogen) atoms. The van der Waals surface area contributed by atoms with Gasteiger partial charge in [0.2, 0.25) is 0 Å². The number of hydrogen-bond donors (Lipinski definition) is 1. The van der Waals surface area contributed by atoms with Crippen LogP contribution in [0.1, 0.15) is 16.8 Å². The molecule has 7 heteroatoms. The van der Waals surface area contributed by atoms with Crippen LogP contribution in [0.3, 0.4) is 0 Å². The van der Waals surface area contributed by atoms with Gasteiger partial charge in [0.25, 0.3) is 0 Å². The van der Waals surface area contributed by atoms with Crippen LogP contribution in [0.25, 0.3) is 0 Å². The zero-order valence-electron chi connectivity index (χ0n) is 11.0. The number of alkyl halides is 3. The summed E-state index contributed by atoms with van der Waals surface area (Å²) in [5.74, 6) is -1.31. The highest BCUT2D eigenvalue weighted by Gasteiger charge is 2.34. The lowest BCUT2D eigenvalue weighted by atomic mass is 10.1. The second-order valence-corrected chi connectivity index (χ2v) is 4.50. The molecule has 0 unspecified atom stereocenters. The molecule has 0 spiro atoms. The van der Waals surface area contributed by atoms with Gasteiger partial charge < -0.3 is 9.88 Å². The molecule has 0 aliphatic rings. The SMILES string of the molecule is Cn1cc(CNc2ccc(F)c(C(F)(F)F)c2)cc1C#N. The second-order valence-electron chi connectivity index (χ2n) is 4.50. The molecule has 0 amide bonds. The predicted molar refractivity (Wildman–Crippen MR) is 68.9 cm³/mol. The summed E-state index contributed by atoms with van der Waals surface area (Å²) in [5.41, 5.74) is 0.0400. The van der Waals surface area contributed by atoms with Gasteiger partial charge in [0.15, 0.2) is 0 Å². The third-order valence-electron chi connectivity index (χ3n) is 2.94. The summed E-state index contributed by atoms with van der Waals surface area (Å²) in [7, 11) is 1.70. The van der Waals surface area contributed by atoms with Gasteiger partial charge in [-0.1, -0.05) is 0 Å². The molecule has 0 fully saturated rings. The Hall–Kier alpha value is -2.49. The van der Waals surface area contributed by atoms with Crippen LogP contribution in [-0.2, 0) is 19.8 Å². The van der Waals surface area contributed by atoms with Gasteiger partial charge >= 0.3 is 6.18 Å². The van der Waals surface area contributed by atoms with E-state index in [1.54, 1.807) is 23.9 Å². The van der Waals surface area contributed by atoms with Crippen molar-refractivity contribution in [1.82, 2.24) is 4.57 Å². The summed E-state index contributed by atoms with van der Waals surface area (Å²) >= 11 is 0. The van der Waals surface area contributed by atoms with Gasteiger partial charge in [-0.2, -0.15) is 18.4 Å². The summed E-state index contributed by atoms with van der Waals surface area (Å²) in [6, 6.07) is 6.35. The number of nitriles is 1. The Balaban J connectivity index is 2.15. The average Bonchev–Trinajstić information content (AvgIpc) is 2.77. The van der Waals surface area contributed by atoms with E-state index in [9.17, 15) is 17.6 Å². The minimum Gasteiger partial charge on any atom is -0.381 e. The molecule has 1 N–H and O–H groups in total. The van der Waals surface area contributed by atoms with Gasteiger partial charge in [0, 0.05) is 25.5 Å². The van der Waals surface area contributed by atoms with Crippen molar-refractivity contribution in [2.45, 2.75) is 12.7 Å². The maximum atomic E-state index is 13.1. The van der Waals surface area contributed by atoms with Crippen molar-refractivity contribution in [2.24, 2.45) is 7.05 Å². The summed E-state index contributed by atoms with van der Waals surface area (Å²) in [6.07, 6.45) is -3.04. The first-order valence-electron chi connectivity index (χ1n) is 5.97. The molecular formula is C14H11F4N3. The highest BCUT2D eigenvalue weighted by atomic mass is 19.4. The van der Waals surface area contributed by atoms with Gasteiger partial charge in [0.05, 0.1) is 5.56 Å². The largest absolute Gasteiger partial charge is 0.419 e. The van der Waals surface area contributed by atoms with E-state index in [0.717, 1.165) is 17.7 Å². The van der Waals surface area contributed by atoms with E-state index >= 15 is 0 Å². The van der Waals surface area contributed by atoms with Crippen molar-refractivity contribution in [1.29, 1.82) is 5.26 Å². The molecule has 110 valence electrons. The van der Waals surface area contributed by atoms with E-state index in [2.05, 4.69) is 5.32 Å². The van der Waals surface area contributed by atoms with Crippen LogP contribution in [0.4, 0.5) is 23.2 Å². The number of aryl methyl sites for hydroxylation is 1. The molecule has 0 bridgehead atoms. The number of benzene rings is 1.